The van der Waals surface area contributed by atoms with Crippen LogP contribution in [-0.4, -0.2) is 41.2 Å². The van der Waals surface area contributed by atoms with Gasteiger partial charge in [-0.2, -0.15) is 5.10 Å². The van der Waals surface area contributed by atoms with Gasteiger partial charge in [-0.25, -0.2) is 0 Å². The molecule has 23 heavy (non-hydrogen) atoms. The van der Waals surface area contributed by atoms with Crippen LogP contribution in [0.3, 0.4) is 0 Å². The Morgan fingerprint density at radius 3 is 2.57 bits per heavy atom. The van der Waals surface area contributed by atoms with Crippen LogP contribution in [0.15, 0.2) is 22.6 Å². The highest BCUT2D eigenvalue weighted by molar-refractivity contribution is 5.92. The molecule has 126 valence electrons. The van der Waals surface area contributed by atoms with Crippen LogP contribution in [0.2, 0.25) is 0 Å². The van der Waals surface area contributed by atoms with Crippen LogP contribution in [0.4, 0.5) is 0 Å². The zero-order valence-electron chi connectivity index (χ0n) is 14.8. The second kappa shape index (κ2) is 7.00. The van der Waals surface area contributed by atoms with Gasteiger partial charge in [0, 0.05) is 13.6 Å². The van der Waals surface area contributed by atoms with Crippen LogP contribution < -0.4 is 5.32 Å². The quantitative estimate of drug-likeness (QED) is 0.889. The molecule has 0 radical (unpaired) electrons. The molecule has 0 spiro atoms. The maximum Gasteiger partial charge on any atom is 0.269 e. The van der Waals surface area contributed by atoms with Gasteiger partial charge >= 0.3 is 0 Å². The molecule has 6 nitrogen and oxygen atoms in total. The topological polar surface area (TPSA) is 63.3 Å². The molecule has 2 heterocycles. The fourth-order valence-electron chi connectivity index (χ4n) is 2.43. The van der Waals surface area contributed by atoms with E-state index in [2.05, 4.69) is 24.3 Å². The van der Waals surface area contributed by atoms with Crippen molar-refractivity contribution in [3.8, 4) is 0 Å². The molecule has 0 aliphatic heterocycles. The fraction of sp³-hybridized carbons (Fsp3) is 0.529. The number of furan rings is 1. The van der Waals surface area contributed by atoms with Gasteiger partial charge in [0.1, 0.15) is 17.2 Å². The van der Waals surface area contributed by atoms with Gasteiger partial charge in [0.25, 0.3) is 5.91 Å². The number of aromatic nitrogens is 2. The first-order valence-electron chi connectivity index (χ1n) is 7.84. The summed E-state index contributed by atoms with van der Waals surface area (Å²) >= 11 is 0. The summed E-state index contributed by atoms with van der Waals surface area (Å²) in [6.45, 7) is 6.51. The summed E-state index contributed by atoms with van der Waals surface area (Å²) in [7, 11) is 5.73. The summed E-state index contributed by atoms with van der Waals surface area (Å²) in [4.78, 5) is 14.5. The molecule has 0 aromatic carbocycles. The maximum atomic E-state index is 12.4. The lowest BCUT2D eigenvalue weighted by Gasteiger charge is -2.22. The Morgan fingerprint density at radius 1 is 1.39 bits per heavy atom. The van der Waals surface area contributed by atoms with Gasteiger partial charge in [-0.3, -0.25) is 14.4 Å². The van der Waals surface area contributed by atoms with Crippen LogP contribution >= 0.6 is 0 Å². The number of nitrogens with one attached hydrogen (secondary N) is 1. The zero-order valence-corrected chi connectivity index (χ0v) is 14.8. The largest absolute Gasteiger partial charge is 0.465 e. The Labute approximate surface area is 137 Å². The van der Waals surface area contributed by atoms with Crippen molar-refractivity contribution in [2.45, 2.75) is 32.7 Å². The molecule has 1 atom stereocenters. The molecule has 0 aliphatic carbocycles. The molecule has 1 N–H and O–H groups in total. The van der Waals surface area contributed by atoms with E-state index in [9.17, 15) is 4.79 Å². The number of nitrogens with zero attached hydrogens (tertiary/aromatic N) is 3. The number of carbonyl (C=O) groups is 1. The summed E-state index contributed by atoms with van der Waals surface area (Å²) < 4.78 is 7.33. The average molecular weight is 318 g/mol. The van der Waals surface area contributed by atoms with E-state index in [0.29, 0.717) is 18.2 Å². The van der Waals surface area contributed by atoms with E-state index in [-0.39, 0.29) is 11.9 Å². The second-order valence-electron chi connectivity index (χ2n) is 6.37. The Kier molecular flexibility index (Phi) is 5.26. The first kappa shape index (κ1) is 17.3. The molecule has 0 saturated carbocycles. The van der Waals surface area contributed by atoms with E-state index in [0.717, 1.165) is 17.2 Å². The summed E-state index contributed by atoms with van der Waals surface area (Å²) in [5.41, 5.74) is 1.49. The lowest BCUT2D eigenvalue weighted by atomic mass is 10.1. The molecular weight excluding hydrogens is 292 g/mol. The van der Waals surface area contributed by atoms with Crippen molar-refractivity contribution < 1.29 is 9.21 Å². The Morgan fingerprint density at radius 2 is 2.09 bits per heavy atom. The third kappa shape index (κ3) is 4.01. The fourth-order valence-corrected chi connectivity index (χ4v) is 2.43. The molecule has 6 heteroatoms. The highest BCUT2D eigenvalue weighted by atomic mass is 16.3. The van der Waals surface area contributed by atoms with Gasteiger partial charge in [-0.05, 0) is 45.1 Å². The summed E-state index contributed by atoms with van der Waals surface area (Å²) in [6, 6.07) is 5.73. The third-order valence-corrected chi connectivity index (χ3v) is 3.89. The number of aryl methyl sites for hydroxylation is 2. The van der Waals surface area contributed by atoms with E-state index in [1.54, 1.807) is 11.7 Å². The zero-order chi connectivity index (χ0) is 17.1. The van der Waals surface area contributed by atoms with Crippen molar-refractivity contribution in [3.05, 3.63) is 41.1 Å². The van der Waals surface area contributed by atoms with Crippen molar-refractivity contribution in [1.29, 1.82) is 0 Å². The standard InChI is InChI=1S/C17H26N4O2/c1-11(2)13-9-14(21(6)19-13)17(22)18-10-15(20(4)5)16-8-7-12(3)23-16/h7-9,11,15H,10H2,1-6H3,(H,18,22). The number of hydrogen-bond acceptors (Lipinski definition) is 4. The molecule has 1 unspecified atom stereocenters. The van der Waals surface area contributed by atoms with Crippen LogP contribution in [0.25, 0.3) is 0 Å². The number of hydrogen-bond donors (Lipinski definition) is 1. The van der Waals surface area contributed by atoms with Crippen LogP contribution in [0, 0.1) is 6.92 Å². The highest BCUT2D eigenvalue weighted by Gasteiger charge is 2.20. The van der Waals surface area contributed by atoms with Gasteiger partial charge in [0.2, 0.25) is 0 Å². The van der Waals surface area contributed by atoms with Crippen molar-refractivity contribution in [2.75, 3.05) is 20.6 Å². The van der Waals surface area contributed by atoms with Gasteiger partial charge in [-0.15, -0.1) is 0 Å². The number of likely N-dealkylation sites (N-methyl/N-ethyl adjacent to an activating group) is 1. The van der Waals surface area contributed by atoms with Crippen molar-refractivity contribution >= 4 is 5.91 Å². The Bertz CT molecular complexity index is 670. The molecule has 2 rings (SSSR count). The minimum Gasteiger partial charge on any atom is -0.465 e. The van der Waals surface area contributed by atoms with Crippen LogP contribution in [0.5, 0.6) is 0 Å². The molecule has 0 aliphatic rings. The number of rotatable bonds is 6. The molecular formula is C17H26N4O2. The van der Waals surface area contributed by atoms with Crippen LogP contribution in [0.1, 0.15) is 53.5 Å². The highest BCUT2D eigenvalue weighted by Crippen LogP contribution is 2.20. The lowest BCUT2D eigenvalue weighted by molar-refractivity contribution is 0.0929. The average Bonchev–Trinajstić information content (AvgIpc) is 3.05. The molecule has 0 bridgehead atoms. The van der Waals surface area contributed by atoms with Crippen molar-refractivity contribution in [1.82, 2.24) is 20.0 Å². The molecule has 0 fully saturated rings. The normalized spacial score (nSPS) is 12.9. The van der Waals surface area contributed by atoms with E-state index < -0.39 is 0 Å². The number of carbonyl (C=O) groups excluding carboxylic acids is 1. The van der Waals surface area contributed by atoms with E-state index in [4.69, 9.17) is 4.42 Å². The van der Waals surface area contributed by atoms with E-state index in [1.165, 1.54) is 0 Å². The minimum absolute atomic E-state index is 0.00885. The first-order chi connectivity index (χ1) is 10.8. The molecule has 0 saturated heterocycles. The van der Waals surface area contributed by atoms with E-state index in [1.807, 2.05) is 44.1 Å². The van der Waals surface area contributed by atoms with Crippen molar-refractivity contribution in [3.63, 3.8) is 0 Å². The summed E-state index contributed by atoms with van der Waals surface area (Å²) in [5.74, 6) is 1.89. The third-order valence-electron chi connectivity index (χ3n) is 3.89. The predicted molar refractivity (Wildman–Crippen MR) is 89.5 cm³/mol. The maximum absolute atomic E-state index is 12.4. The van der Waals surface area contributed by atoms with Gasteiger partial charge in [0.15, 0.2) is 0 Å². The monoisotopic (exact) mass is 318 g/mol. The number of amides is 1. The molecule has 2 aromatic rings. The first-order valence-corrected chi connectivity index (χ1v) is 7.84. The SMILES string of the molecule is Cc1ccc(C(CNC(=O)c2cc(C(C)C)nn2C)N(C)C)o1. The van der Waals surface area contributed by atoms with Gasteiger partial charge in [-0.1, -0.05) is 13.8 Å². The summed E-state index contributed by atoms with van der Waals surface area (Å²) in [6.07, 6.45) is 0. The molecule has 1 amide bonds. The second-order valence-corrected chi connectivity index (χ2v) is 6.37. The minimum atomic E-state index is -0.123. The van der Waals surface area contributed by atoms with E-state index >= 15 is 0 Å². The van der Waals surface area contributed by atoms with Crippen LogP contribution in [-0.2, 0) is 7.05 Å². The summed E-state index contributed by atoms with van der Waals surface area (Å²) in [5, 5.41) is 7.36. The predicted octanol–water partition coefficient (Wildman–Crippen LogP) is 2.48. The molecule has 2 aromatic heterocycles. The van der Waals surface area contributed by atoms with Crippen molar-refractivity contribution in [2.24, 2.45) is 7.05 Å². The smallest absolute Gasteiger partial charge is 0.269 e. The Balaban J connectivity index is 2.07. The Hall–Kier alpha value is -2.08. The van der Waals surface area contributed by atoms with Gasteiger partial charge < -0.3 is 9.73 Å². The lowest BCUT2D eigenvalue weighted by Crippen LogP contribution is -2.35. The van der Waals surface area contributed by atoms with Gasteiger partial charge in [0.05, 0.1) is 11.7 Å².